The maximum atomic E-state index is 13.3. The maximum Gasteiger partial charge on any atom is 0.276 e. The van der Waals surface area contributed by atoms with Gasteiger partial charge in [-0.15, -0.1) is 5.10 Å². The Bertz CT molecular complexity index is 584. The lowest BCUT2D eigenvalue weighted by molar-refractivity contribution is 0.102. The second kappa shape index (κ2) is 4.87. The summed E-state index contributed by atoms with van der Waals surface area (Å²) in [5.41, 5.74) is 0.618. The normalized spacial score (nSPS) is 10.2. The highest BCUT2D eigenvalue weighted by atomic mass is 19.1. The molecule has 1 amide bonds. The van der Waals surface area contributed by atoms with Crippen molar-refractivity contribution in [2.75, 3.05) is 5.32 Å². The van der Waals surface area contributed by atoms with Gasteiger partial charge in [-0.25, -0.2) is 8.78 Å². The predicted octanol–water partition coefficient (Wildman–Crippen LogP) is 2.32. The van der Waals surface area contributed by atoms with Gasteiger partial charge in [0.05, 0.1) is 11.4 Å². The van der Waals surface area contributed by atoms with Crippen LogP contribution >= 0.6 is 0 Å². The standard InChI is InChI=1S/C12H9F2N3O/c1-7-2-4-11(17-16-7)12(18)15-10-5-3-8(13)6-9(10)14/h2-6H,1H3,(H,15,18). The van der Waals surface area contributed by atoms with Crippen LogP contribution in [0.4, 0.5) is 14.5 Å². The van der Waals surface area contributed by atoms with Gasteiger partial charge in [0.25, 0.3) is 5.91 Å². The van der Waals surface area contributed by atoms with Gasteiger partial charge in [0.15, 0.2) is 5.69 Å². The van der Waals surface area contributed by atoms with E-state index in [2.05, 4.69) is 15.5 Å². The number of hydrogen-bond donors (Lipinski definition) is 1. The molecule has 1 heterocycles. The van der Waals surface area contributed by atoms with Crippen molar-refractivity contribution in [3.05, 3.63) is 53.4 Å². The lowest BCUT2D eigenvalue weighted by Crippen LogP contribution is -2.15. The number of aromatic nitrogens is 2. The molecular formula is C12H9F2N3O. The molecule has 18 heavy (non-hydrogen) atoms. The molecule has 0 aliphatic carbocycles. The highest BCUT2D eigenvalue weighted by molar-refractivity contribution is 6.02. The number of aryl methyl sites for hydroxylation is 1. The fourth-order valence-electron chi connectivity index (χ4n) is 1.30. The number of rotatable bonds is 2. The lowest BCUT2D eigenvalue weighted by atomic mass is 10.2. The zero-order valence-corrected chi connectivity index (χ0v) is 9.45. The highest BCUT2D eigenvalue weighted by Crippen LogP contribution is 2.15. The van der Waals surface area contributed by atoms with E-state index in [1.165, 1.54) is 6.07 Å². The maximum absolute atomic E-state index is 13.3. The number of amides is 1. The Morgan fingerprint density at radius 2 is 1.94 bits per heavy atom. The van der Waals surface area contributed by atoms with Crippen LogP contribution in [-0.4, -0.2) is 16.1 Å². The molecule has 0 aliphatic heterocycles. The van der Waals surface area contributed by atoms with Crippen molar-refractivity contribution in [1.82, 2.24) is 10.2 Å². The van der Waals surface area contributed by atoms with E-state index >= 15 is 0 Å². The third-order valence-electron chi connectivity index (χ3n) is 2.21. The molecule has 0 atom stereocenters. The first-order valence-electron chi connectivity index (χ1n) is 5.13. The summed E-state index contributed by atoms with van der Waals surface area (Å²) in [7, 11) is 0. The molecule has 1 aromatic heterocycles. The summed E-state index contributed by atoms with van der Waals surface area (Å²) in [6.45, 7) is 1.73. The molecule has 0 saturated heterocycles. The molecule has 2 aromatic rings. The first kappa shape index (κ1) is 12.1. The number of anilines is 1. The Labute approximate surface area is 102 Å². The van der Waals surface area contributed by atoms with Gasteiger partial charge in [-0.2, -0.15) is 5.10 Å². The van der Waals surface area contributed by atoms with Crippen LogP contribution in [0.5, 0.6) is 0 Å². The zero-order chi connectivity index (χ0) is 13.1. The molecule has 6 heteroatoms. The van der Waals surface area contributed by atoms with Crippen LogP contribution in [0.3, 0.4) is 0 Å². The molecule has 0 saturated carbocycles. The Morgan fingerprint density at radius 3 is 2.56 bits per heavy atom. The Balaban J connectivity index is 2.18. The minimum Gasteiger partial charge on any atom is -0.318 e. The van der Waals surface area contributed by atoms with Crippen LogP contribution in [0.25, 0.3) is 0 Å². The van der Waals surface area contributed by atoms with Crippen molar-refractivity contribution in [1.29, 1.82) is 0 Å². The van der Waals surface area contributed by atoms with E-state index in [1.54, 1.807) is 13.0 Å². The van der Waals surface area contributed by atoms with E-state index in [4.69, 9.17) is 0 Å². The predicted molar refractivity (Wildman–Crippen MR) is 61.1 cm³/mol. The van der Waals surface area contributed by atoms with Gasteiger partial charge in [-0.3, -0.25) is 4.79 Å². The summed E-state index contributed by atoms with van der Waals surface area (Å²) in [6, 6.07) is 5.97. The van der Waals surface area contributed by atoms with Crippen LogP contribution in [-0.2, 0) is 0 Å². The molecule has 1 aromatic carbocycles. The number of carbonyl (C=O) groups excluding carboxylic acids is 1. The zero-order valence-electron chi connectivity index (χ0n) is 9.45. The second-order valence-electron chi connectivity index (χ2n) is 3.64. The highest BCUT2D eigenvalue weighted by Gasteiger charge is 2.11. The first-order chi connectivity index (χ1) is 8.56. The number of benzene rings is 1. The average molecular weight is 249 g/mol. The van der Waals surface area contributed by atoms with Gasteiger partial charge >= 0.3 is 0 Å². The minimum atomic E-state index is -0.844. The molecule has 0 radical (unpaired) electrons. The topological polar surface area (TPSA) is 54.9 Å². The summed E-state index contributed by atoms with van der Waals surface area (Å²) in [6.07, 6.45) is 0. The van der Waals surface area contributed by atoms with E-state index in [9.17, 15) is 13.6 Å². The van der Waals surface area contributed by atoms with Crippen molar-refractivity contribution < 1.29 is 13.6 Å². The molecule has 0 aliphatic rings. The molecular weight excluding hydrogens is 240 g/mol. The van der Waals surface area contributed by atoms with Crippen molar-refractivity contribution in [2.45, 2.75) is 6.92 Å². The van der Waals surface area contributed by atoms with Gasteiger partial charge in [-0.05, 0) is 31.2 Å². The van der Waals surface area contributed by atoms with Gasteiger partial charge in [0.2, 0.25) is 0 Å². The van der Waals surface area contributed by atoms with E-state index in [-0.39, 0.29) is 11.4 Å². The summed E-state index contributed by atoms with van der Waals surface area (Å²) in [5.74, 6) is -2.16. The SMILES string of the molecule is Cc1ccc(C(=O)Nc2ccc(F)cc2F)nn1. The Hall–Kier alpha value is -2.37. The van der Waals surface area contributed by atoms with E-state index in [1.807, 2.05) is 0 Å². The molecule has 4 nitrogen and oxygen atoms in total. The lowest BCUT2D eigenvalue weighted by Gasteiger charge is -2.05. The van der Waals surface area contributed by atoms with E-state index in [0.29, 0.717) is 11.8 Å². The third-order valence-corrected chi connectivity index (χ3v) is 2.21. The quantitative estimate of drug-likeness (QED) is 0.888. The van der Waals surface area contributed by atoms with E-state index in [0.717, 1.165) is 12.1 Å². The van der Waals surface area contributed by atoms with Gasteiger partial charge in [0, 0.05) is 6.07 Å². The molecule has 0 unspecified atom stereocenters. The van der Waals surface area contributed by atoms with Crippen molar-refractivity contribution in [2.24, 2.45) is 0 Å². The number of halogens is 2. The first-order valence-corrected chi connectivity index (χ1v) is 5.13. The van der Waals surface area contributed by atoms with Crippen molar-refractivity contribution in [3.8, 4) is 0 Å². The molecule has 0 fully saturated rings. The van der Waals surface area contributed by atoms with Crippen LogP contribution in [0.1, 0.15) is 16.2 Å². The monoisotopic (exact) mass is 249 g/mol. The Kier molecular flexibility index (Phi) is 3.27. The Morgan fingerprint density at radius 1 is 1.17 bits per heavy atom. The summed E-state index contributed by atoms with van der Waals surface area (Å²) in [5, 5.41) is 9.67. The molecule has 1 N–H and O–H groups in total. The fraction of sp³-hybridized carbons (Fsp3) is 0.0833. The van der Waals surface area contributed by atoms with Gasteiger partial charge < -0.3 is 5.32 Å². The number of nitrogens with zero attached hydrogens (tertiary/aromatic N) is 2. The minimum absolute atomic E-state index is 0.0596. The van der Waals surface area contributed by atoms with E-state index < -0.39 is 17.5 Å². The smallest absolute Gasteiger partial charge is 0.276 e. The number of hydrogen-bond acceptors (Lipinski definition) is 3. The molecule has 0 bridgehead atoms. The van der Waals surface area contributed by atoms with Gasteiger partial charge in [0.1, 0.15) is 11.6 Å². The molecule has 2 rings (SSSR count). The second-order valence-corrected chi connectivity index (χ2v) is 3.64. The third kappa shape index (κ3) is 2.65. The van der Waals surface area contributed by atoms with Crippen LogP contribution in [0, 0.1) is 18.6 Å². The van der Waals surface area contributed by atoms with Crippen LogP contribution < -0.4 is 5.32 Å². The summed E-state index contributed by atoms with van der Waals surface area (Å²) in [4.78, 5) is 11.7. The van der Waals surface area contributed by atoms with Crippen molar-refractivity contribution >= 4 is 11.6 Å². The largest absolute Gasteiger partial charge is 0.318 e. The van der Waals surface area contributed by atoms with Crippen LogP contribution in [0.2, 0.25) is 0 Å². The number of nitrogens with one attached hydrogen (secondary N) is 1. The molecule has 92 valence electrons. The summed E-state index contributed by atoms with van der Waals surface area (Å²) >= 11 is 0. The fourth-order valence-corrected chi connectivity index (χ4v) is 1.30. The average Bonchev–Trinajstić information content (AvgIpc) is 2.33. The summed E-state index contributed by atoms with van der Waals surface area (Å²) < 4.78 is 26.0. The van der Waals surface area contributed by atoms with Crippen LogP contribution in [0.15, 0.2) is 30.3 Å². The molecule has 0 spiro atoms. The number of carbonyl (C=O) groups is 1. The van der Waals surface area contributed by atoms with Gasteiger partial charge in [-0.1, -0.05) is 0 Å². The van der Waals surface area contributed by atoms with Crippen molar-refractivity contribution in [3.63, 3.8) is 0 Å².